The lowest BCUT2D eigenvalue weighted by atomic mass is 10.1. The van der Waals surface area contributed by atoms with Crippen molar-refractivity contribution in [3.8, 4) is 34.3 Å². The standard InChI is InChI=1S/C20H18FNO5/c1-3-26-18(24)11-15-19(13-6-9-16(23)17(10-13)25-2)27-20(22-15)12-4-7-14(21)8-5-12/h4-10,23H,3,11H2,1-2H3. The van der Waals surface area contributed by atoms with Crippen molar-refractivity contribution < 1.29 is 28.2 Å². The Kier molecular flexibility index (Phi) is 5.40. The van der Waals surface area contributed by atoms with Crippen LogP contribution in [0.2, 0.25) is 0 Å². The summed E-state index contributed by atoms with van der Waals surface area (Å²) in [6, 6.07) is 10.3. The molecule has 0 unspecified atom stereocenters. The van der Waals surface area contributed by atoms with E-state index in [1.165, 1.54) is 37.4 Å². The predicted octanol–water partition coefficient (Wildman–Crippen LogP) is 3.97. The number of hydrogen-bond donors (Lipinski definition) is 1. The highest BCUT2D eigenvalue weighted by molar-refractivity contribution is 5.76. The molecule has 0 fully saturated rings. The third-order valence-electron chi connectivity index (χ3n) is 3.85. The zero-order chi connectivity index (χ0) is 19.4. The predicted molar refractivity (Wildman–Crippen MR) is 95.9 cm³/mol. The number of aromatic nitrogens is 1. The average molecular weight is 371 g/mol. The molecular weight excluding hydrogens is 353 g/mol. The second-order valence-electron chi connectivity index (χ2n) is 5.67. The minimum absolute atomic E-state index is 0.0218. The molecule has 0 atom stereocenters. The molecule has 2 aromatic carbocycles. The number of halogens is 1. The molecule has 0 aliphatic heterocycles. The molecule has 1 heterocycles. The number of carbonyl (C=O) groups is 1. The van der Waals surface area contributed by atoms with Gasteiger partial charge in [0.05, 0.1) is 25.8 Å². The van der Waals surface area contributed by atoms with Crippen LogP contribution in [0.15, 0.2) is 46.9 Å². The zero-order valence-corrected chi connectivity index (χ0v) is 14.9. The van der Waals surface area contributed by atoms with Gasteiger partial charge in [0.1, 0.15) is 5.82 Å². The van der Waals surface area contributed by atoms with Crippen LogP contribution in [-0.2, 0) is 16.0 Å². The van der Waals surface area contributed by atoms with Gasteiger partial charge in [-0.3, -0.25) is 4.79 Å². The van der Waals surface area contributed by atoms with Crippen LogP contribution in [0.5, 0.6) is 11.5 Å². The van der Waals surface area contributed by atoms with Crippen LogP contribution in [0, 0.1) is 5.82 Å². The molecular formula is C20H18FNO5. The van der Waals surface area contributed by atoms with Gasteiger partial charge in [0.2, 0.25) is 5.89 Å². The number of ether oxygens (including phenoxy) is 2. The molecule has 3 rings (SSSR count). The number of oxazole rings is 1. The third kappa shape index (κ3) is 4.08. The fourth-order valence-electron chi connectivity index (χ4n) is 2.58. The minimum Gasteiger partial charge on any atom is -0.504 e. The second-order valence-corrected chi connectivity index (χ2v) is 5.67. The molecule has 0 aliphatic carbocycles. The van der Waals surface area contributed by atoms with Crippen molar-refractivity contribution in [1.82, 2.24) is 4.98 Å². The summed E-state index contributed by atoms with van der Waals surface area (Å²) >= 11 is 0. The largest absolute Gasteiger partial charge is 0.504 e. The number of aromatic hydroxyl groups is 1. The first kappa shape index (κ1) is 18.4. The molecule has 27 heavy (non-hydrogen) atoms. The van der Waals surface area contributed by atoms with E-state index in [2.05, 4.69) is 4.98 Å². The summed E-state index contributed by atoms with van der Waals surface area (Å²) < 4.78 is 29.2. The van der Waals surface area contributed by atoms with Gasteiger partial charge in [0.25, 0.3) is 0 Å². The second kappa shape index (κ2) is 7.90. The van der Waals surface area contributed by atoms with E-state index < -0.39 is 5.97 Å². The monoisotopic (exact) mass is 371 g/mol. The summed E-state index contributed by atoms with van der Waals surface area (Å²) in [4.78, 5) is 16.3. The Bertz CT molecular complexity index is 950. The molecule has 1 N–H and O–H groups in total. The zero-order valence-electron chi connectivity index (χ0n) is 14.9. The first-order valence-corrected chi connectivity index (χ1v) is 8.30. The number of rotatable bonds is 6. The molecule has 6 nitrogen and oxygen atoms in total. The number of esters is 1. The molecule has 0 amide bonds. The normalized spacial score (nSPS) is 10.6. The van der Waals surface area contributed by atoms with Crippen molar-refractivity contribution in [2.24, 2.45) is 0 Å². The molecule has 0 radical (unpaired) electrons. The Labute approximate surface area is 155 Å². The van der Waals surface area contributed by atoms with E-state index in [0.717, 1.165) is 0 Å². The van der Waals surface area contributed by atoms with Gasteiger partial charge in [-0.15, -0.1) is 0 Å². The maximum Gasteiger partial charge on any atom is 0.312 e. The van der Waals surface area contributed by atoms with Crippen molar-refractivity contribution in [2.75, 3.05) is 13.7 Å². The number of phenols is 1. The van der Waals surface area contributed by atoms with Crippen LogP contribution in [-0.4, -0.2) is 29.8 Å². The number of hydrogen-bond acceptors (Lipinski definition) is 6. The van der Waals surface area contributed by atoms with Crippen LogP contribution in [0.4, 0.5) is 4.39 Å². The molecule has 0 saturated carbocycles. The first-order chi connectivity index (χ1) is 13.0. The van der Waals surface area contributed by atoms with Gasteiger partial charge in [-0.2, -0.15) is 0 Å². The fourth-order valence-corrected chi connectivity index (χ4v) is 2.58. The minimum atomic E-state index is -0.441. The van der Waals surface area contributed by atoms with Crippen LogP contribution in [0.1, 0.15) is 12.6 Å². The van der Waals surface area contributed by atoms with Gasteiger partial charge >= 0.3 is 5.97 Å². The molecule has 7 heteroatoms. The first-order valence-electron chi connectivity index (χ1n) is 8.30. The van der Waals surface area contributed by atoms with E-state index in [1.54, 1.807) is 19.1 Å². The van der Waals surface area contributed by atoms with Crippen molar-refractivity contribution in [3.05, 3.63) is 54.0 Å². The summed E-state index contributed by atoms with van der Waals surface area (Å²) in [5.74, 6) is 0.0156. The molecule has 0 aliphatic rings. The Hall–Kier alpha value is -3.35. The molecule has 1 aromatic heterocycles. The molecule has 0 spiro atoms. The molecule has 3 aromatic rings. The lowest BCUT2D eigenvalue weighted by molar-refractivity contribution is -0.142. The van der Waals surface area contributed by atoms with Gasteiger partial charge in [-0.05, 0) is 49.4 Å². The van der Waals surface area contributed by atoms with Crippen molar-refractivity contribution in [1.29, 1.82) is 0 Å². The fraction of sp³-hybridized carbons (Fsp3) is 0.200. The third-order valence-corrected chi connectivity index (χ3v) is 3.85. The van der Waals surface area contributed by atoms with E-state index in [9.17, 15) is 14.3 Å². The summed E-state index contributed by atoms with van der Waals surface area (Å²) in [7, 11) is 1.43. The molecule has 140 valence electrons. The highest BCUT2D eigenvalue weighted by atomic mass is 19.1. The average Bonchev–Trinajstić information content (AvgIpc) is 3.06. The van der Waals surface area contributed by atoms with Crippen molar-refractivity contribution in [3.63, 3.8) is 0 Å². The summed E-state index contributed by atoms with van der Waals surface area (Å²) in [5.41, 5.74) is 1.52. The van der Waals surface area contributed by atoms with Gasteiger partial charge < -0.3 is 19.0 Å². The van der Waals surface area contributed by atoms with Crippen LogP contribution in [0.3, 0.4) is 0 Å². The van der Waals surface area contributed by atoms with Crippen molar-refractivity contribution >= 4 is 5.97 Å². The summed E-state index contributed by atoms with van der Waals surface area (Å²) in [5, 5.41) is 9.79. The maximum absolute atomic E-state index is 13.2. The van der Waals surface area contributed by atoms with Crippen LogP contribution in [0.25, 0.3) is 22.8 Å². The lowest BCUT2D eigenvalue weighted by Crippen LogP contribution is -2.08. The van der Waals surface area contributed by atoms with Crippen LogP contribution >= 0.6 is 0 Å². The van der Waals surface area contributed by atoms with Crippen molar-refractivity contribution in [2.45, 2.75) is 13.3 Å². The quantitative estimate of drug-likeness (QED) is 0.661. The number of carbonyl (C=O) groups excluding carboxylic acids is 1. The smallest absolute Gasteiger partial charge is 0.312 e. The topological polar surface area (TPSA) is 81.8 Å². The van der Waals surface area contributed by atoms with E-state index in [-0.39, 0.29) is 36.2 Å². The SMILES string of the molecule is CCOC(=O)Cc1nc(-c2ccc(F)cc2)oc1-c1ccc(O)c(OC)c1. The van der Waals surface area contributed by atoms with E-state index in [4.69, 9.17) is 13.9 Å². The van der Waals surface area contributed by atoms with Gasteiger partial charge in [0, 0.05) is 11.1 Å². The van der Waals surface area contributed by atoms with Gasteiger partial charge in [0.15, 0.2) is 17.3 Å². The number of phenolic OH excluding ortho intramolecular Hbond substituents is 1. The van der Waals surface area contributed by atoms with E-state index in [1.807, 2.05) is 0 Å². The Morgan fingerprint density at radius 2 is 1.89 bits per heavy atom. The Morgan fingerprint density at radius 3 is 2.56 bits per heavy atom. The number of nitrogens with zero attached hydrogens (tertiary/aromatic N) is 1. The lowest BCUT2D eigenvalue weighted by Gasteiger charge is -2.06. The summed E-state index contributed by atoms with van der Waals surface area (Å²) in [6.45, 7) is 1.97. The van der Waals surface area contributed by atoms with E-state index >= 15 is 0 Å². The molecule has 0 bridgehead atoms. The van der Waals surface area contributed by atoms with E-state index in [0.29, 0.717) is 22.6 Å². The van der Waals surface area contributed by atoms with Gasteiger partial charge in [-0.25, -0.2) is 9.37 Å². The molecule has 0 saturated heterocycles. The highest BCUT2D eigenvalue weighted by Crippen LogP contribution is 2.35. The highest BCUT2D eigenvalue weighted by Gasteiger charge is 2.20. The van der Waals surface area contributed by atoms with Gasteiger partial charge in [-0.1, -0.05) is 0 Å². The number of methoxy groups -OCH3 is 1. The Morgan fingerprint density at radius 1 is 1.19 bits per heavy atom. The maximum atomic E-state index is 13.2. The Balaban J connectivity index is 2.07. The van der Waals surface area contributed by atoms with Crippen LogP contribution < -0.4 is 4.74 Å². The summed E-state index contributed by atoms with van der Waals surface area (Å²) in [6.07, 6.45) is -0.0863. The number of benzene rings is 2.